The molecule has 2 aliphatic rings. The monoisotopic (exact) mass is 497 g/mol. The minimum Gasteiger partial charge on any atom is -0.396 e. The number of nitrogens with zero attached hydrogens (tertiary/aromatic N) is 3. The van der Waals surface area contributed by atoms with E-state index in [1.165, 1.54) is 0 Å². The van der Waals surface area contributed by atoms with E-state index in [-0.39, 0.29) is 30.3 Å². The summed E-state index contributed by atoms with van der Waals surface area (Å²) in [5, 5.41) is 19.3. The van der Waals surface area contributed by atoms with Crippen LogP contribution in [0.3, 0.4) is 0 Å². The summed E-state index contributed by atoms with van der Waals surface area (Å²) in [6.07, 6.45) is 8.62. The van der Waals surface area contributed by atoms with Gasteiger partial charge in [-0.05, 0) is 84.6 Å². The van der Waals surface area contributed by atoms with E-state index >= 15 is 0 Å². The molecule has 0 atom stereocenters. The zero-order chi connectivity index (χ0) is 23.7. The Hall–Kier alpha value is -3.00. The number of aliphatic hydroxyl groups is 2. The molecule has 0 aromatic carbocycles. The zero-order valence-corrected chi connectivity index (χ0v) is 19.8. The molecule has 0 saturated heterocycles. The van der Waals surface area contributed by atoms with Gasteiger partial charge in [0.1, 0.15) is 0 Å². The van der Waals surface area contributed by atoms with Gasteiger partial charge in [0.2, 0.25) is 0 Å². The molecule has 0 unspecified atom stereocenters. The van der Waals surface area contributed by atoms with Gasteiger partial charge in [-0.15, -0.1) is 0 Å². The van der Waals surface area contributed by atoms with Crippen LogP contribution >= 0.6 is 0 Å². The number of nitrogens with two attached hydrogens (primary N) is 1. The Morgan fingerprint density at radius 3 is 2.12 bits per heavy atom. The van der Waals surface area contributed by atoms with E-state index in [4.69, 9.17) is 12.1 Å². The molecule has 5 rings (SSSR count). The number of hydrogen-bond donors (Lipinski definition) is 4. The maximum atomic E-state index is 9.72. The molecule has 0 fully saturated rings. The van der Waals surface area contributed by atoms with Gasteiger partial charge < -0.3 is 25.5 Å². The second-order valence-electron chi connectivity index (χ2n) is 8.09. The van der Waals surface area contributed by atoms with Crippen LogP contribution in [0.25, 0.3) is 46.4 Å². The van der Waals surface area contributed by atoms with Crippen molar-refractivity contribution in [2.45, 2.75) is 19.4 Å². The Morgan fingerprint density at radius 1 is 0.853 bits per heavy atom. The molecule has 8 heteroatoms. The van der Waals surface area contributed by atoms with Gasteiger partial charge in [0.05, 0.1) is 24.1 Å². The number of hydrogen-bond acceptors (Lipinski definition) is 5. The largest absolute Gasteiger partial charge is 3.00 e. The predicted molar refractivity (Wildman–Crippen MR) is 133 cm³/mol. The molecule has 0 aliphatic carbocycles. The normalized spacial score (nSPS) is 12.6. The number of aromatic nitrogens is 4. The fraction of sp³-hybridized carbons (Fsp3) is 0.231. The molecule has 3 aromatic rings. The van der Waals surface area contributed by atoms with Crippen molar-refractivity contribution in [2.75, 3.05) is 19.8 Å². The van der Waals surface area contributed by atoms with E-state index in [9.17, 15) is 10.2 Å². The van der Waals surface area contributed by atoms with Gasteiger partial charge in [0.15, 0.2) is 0 Å². The molecule has 0 amide bonds. The summed E-state index contributed by atoms with van der Waals surface area (Å²) in [6, 6.07) is 10.2. The molecular formula is C26H27MnN5O2+3. The first kappa shape index (κ1) is 22.8. The van der Waals surface area contributed by atoms with Crippen LogP contribution in [0.5, 0.6) is 0 Å². The summed E-state index contributed by atoms with van der Waals surface area (Å²) < 4.78 is 10.9. The van der Waals surface area contributed by atoms with E-state index in [0.29, 0.717) is 37.5 Å². The first-order valence-corrected chi connectivity index (χ1v) is 11.1. The molecule has 5 N–H and O–H groups in total. The summed E-state index contributed by atoms with van der Waals surface area (Å²) in [5.74, 6) is 0. The second-order valence-corrected chi connectivity index (χ2v) is 8.09. The summed E-state index contributed by atoms with van der Waals surface area (Å²) in [5.41, 5.74) is 14.1. The molecule has 0 radical (unpaired) electrons. The molecule has 8 bridgehead atoms. The fourth-order valence-corrected chi connectivity index (χ4v) is 4.30. The Labute approximate surface area is 209 Å². The van der Waals surface area contributed by atoms with Crippen molar-refractivity contribution in [3.8, 4) is 0 Å². The predicted octanol–water partition coefficient (Wildman–Crippen LogP) is 3.15. The van der Waals surface area contributed by atoms with Crippen LogP contribution in [0.15, 0.2) is 36.4 Å². The molecular weight excluding hydrogens is 469 g/mol. The van der Waals surface area contributed by atoms with Gasteiger partial charge >= 0.3 is 17.1 Å². The van der Waals surface area contributed by atoms with E-state index in [1.807, 2.05) is 59.2 Å². The van der Waals surface area contributed by atoms with Crippen molar-refractivity contribution < 1.29 is 28.7 Å². The number of fused-ring (bicyclic) bond motifs is 8. The van der Waals surface area contributed by atoms with E-state index in [0.717, 1.165) is 50.5 Å². The minimum absolute atomic E-state index is 0. The van der Waals surface area contributed by atoms with Gasteiger partial charge in [0, 0.05) is 48.4 Å². The third-order valence-electron chi connectivity index (χ3n) is 5.75. The first-order chi connectivity index (χ1) is 16.6. The van der Waals surface area contributed by atoms with Gasteiger partial charge in [-0.1, -0.05) is 0 Å². The maximum Gasteiger partial charge on any atom is 3.00 e. The SMILES string of the molecule is [2H]c1c(CCO)c2cc3cc(CCO)c(cc4nc(cc5nc(cc1n2CCN)C=C5)C=C4)[nH]3.[Mn+3]. The molecule has 0 spiro atoms. The third-order valence-corrected chi connectivity index (χ3v) is 5.75. The van der Waals surface area contributed by atoms with Gasteiger partial charge in [-0.3, -0.25) is 0 Å². The molecule has 172 valence electrons. The Bertz CT molecular complexity index is 1470. The zero-order valence-electron chi connectivity index (χ0n) is 19.6. The Kier molecular flexibility index (Phi) is 7.04. The van der Waals surface area contributed by atoms with Crippen molar-refractivity contribution in [1.82, 2.24) is 19.5 Å². The smallest absolute Gasteiger partial charge is 0.396 e. The fourth-order valence-electron chi connectivity index (χ4n) is 4.30. The van der Waals surface area contributed by atoms with Crippen LogP contribution in [-0.2, 0) is 36.5 Å². The standard InChI is InChI=1S/C26H27N5O2.Mn/c27-7-8-31-24-12-18(6-10-33)26(31)16-23-11-17(5-9-32)25(30-23)15-22-4-2-20(29-22)13-19-1-3-21(14-24)28-19;/h1-4,11-16,30,32-33H,5-10,27H2;/q;+3/i12D;. The van der Waals surface area contributed by atoms with Crippen LogP contribution < -0.4 is 5.73 Å². The maximum absolute atomic E-state index is 9.72. The van der Waals surface area contributed by atoms with Gasteiger partial charge in [0.25, 0.3) is 0 Å². The molecule has 7 nitrogen and oxygen atoms in total. The van der Waals surface area contributed by atoms with E-state index < -0.39 is 0 Å². The molecule has 0 saturated carbocycles. The number of rotatable bonds is 6. The summed E-state index contributed by atoms with van der Waals surface area (Å²) in [4.78, 5) is 12.8. The van der Waals surface area contributed by atoms with E-state index in [2.05, 4.69) is 9.97 Å². The Morgan fingerprint density at radius 2 is 1.47 bits per heavy atom. The van der Waals surface area contributed by atoms with Crippen LogP contribution in [-0.4, -0.2) is 49.5 Å². The minimum atomic E-state index is -0.0587. The number of nitrogens with one attached hydrogen (secondary N) is 1. The van der Waals surface area contributed by atoms with Gasteiger partial charge in [-0.25, -0.2) is 9.97 Å². The van der Waals surface area contributed by atoms with Crippen LogP contribution in [0.4, 0.5) is 0 Å². The Balaban J connectivity index is 0.00000289. The summed E-state index contributed by atoms with van der Waals surface area (Å²) in [6.45, 7) is 0.907. The van der Waals surface area contributed by atoms with Crippen molar-refractivity contribution in [1.29, 1.82) is 0 Å². The van der Waals surface area contributed by atoms with E-state index in [1.54, 1.807) is 0 Å². The van der Waals surface area contributed by atoms with Gasteiger partial charge in [-0.2, -0.15) is 0 Å². The quantitative estimate of drug-likeness (QED) is 0.269. The van der Waals surface area contributed by atoms with Crippen molar-refractivity contribution in [3.63, 3.8) is 0 Å². The number of aromatic amines is 1. The topological polar surface area (TPSA) is 113 Å². The van der Waals surface area contributed by atoms with Crippen molar-refractivity contribution >= 4 is 46.4 Å². The molecule has 2 aliphatic heterocycles. The second kappa shape index (κ2) is 10.5. The van der Waals surface area contributed by atoms with Crippen LogP contribution in [0.2, 0.25) is 0 Å². The summed E-state index contributed by atoms with van der Waals surface area (Å²) in [7, 11) is 0. The average Bonchev–Trinajstić information content (AvgIpc) is 3.57. The number of aliphatic hydroxyl groups excluding tert-OH is 2. The van der Waals surface area contributed by atoms with Crippen LogP contribution in [0.1, 0.15) is 35.3 Å². The average molecular weight is 497 g/mol. The summed E-state index contributed by atoms with van der Waals surface area (Å²) >= 11 is 0. The van der Waals surface area contributed by atoms with Crippen molar-refractivity contribution in [2.24, 2.45) is 5.73 Å². The third kappa shape index (κ3) is 4.92. The first-order valence-electron chi connectivity index (χ1n) is 11.6. The molecule has 5 heterocycles. The molecule has 3 aromatic heterocycles. The van der Waals surface area contributed by atoms with Crippen molar-refractivity contribution in [3.05, 3.63) is 70.3 Å². The van der Waals surface area contributed by atoms with Crippen LogP contribution in [0, 0.1) is 0 Å². The number of H-pyrrole nitrogens is 1. The molecule has 34 heavy (non-hydrogen) atoms.